The first-order chi connectivity index (χ1) is 13.2. The smallest absolute Gasteiger partial charge is 0.123 e. The minimum absolute atomic E-state index is 0.204. The van der Waals surface area contributed by atoms with Crippen molar-refractivity contribution in [2.24, 2.45) is 5.92 Å². The maximum atomic E-state index is 13.0. The van der Waals surface area contributed by atoms with Gasteiger partial charge < -0.3 is 0 Å². The van der Waals surface area contributed by atoms with Gasteiger partial charge in [0.1, 0.15) is 5.82 Å². The monoisotopic (exact) mass is 360 g/mol. The van der Waals surface area contributed by atoms with Gasteiger partial charge in [0.2, 0.25) is 0 Å². The predicted molar refractivity (Wildman–Crippen MR) is 113 cm³/mol. The van der Waals surface area contributed by atoms with Crippen molar-refractivity contribution >= 4 is 0 Å². The van der Waals surface area contributed by atoms with Crippen LogP contribution < -0.4 is 0 Å². The summed E-state index contributed by atoms with van der Waals surface area (Å²) in [5.74, 6) is 7.32. The molecule has 1 aliphatic carbocycles. The number of unbranched alkanes of at least 4 members (excludes halogenated alkanes) is 3. The van der Waals surface area contributed by atoms with E-state index < -0.39 is 0 Å². The van der Waals surface area contributed by atoms with E-state index in [0.717, 1.165) is 29.0 Å². The molecule has 0 heterocycles. The molecule has 0 aliphatic heterocycles. The Kier molecular flexibility index (Phi) is 7.28. The summed E-state index contributed by atoms with van der Waals surface area (Å²) >= 11 is 0. The topological polar surface area (TPSA) is 0 Å². The van der Waals surface area contributed by atoms with Gasteiger partial charge in [0, 0.05) is 5.56 Å². The van der Waals surface area contributed by atoms with Crippen LogP contribution in [0.5, 0.6) is 0 Å². The van der Waals surface area contributed by atoms with Crippen molar-refractivity contribution in [2.45, 2.75) is 58.3 Å². The second-order valence-corrected chi connectivity index (χ2v) is 7.55. The van der Waals surface area contributed by atoms with Crippen LogP contribution in [0.3, 0.4) is 0 Å². The zero-order chi connectivity index (χ0) is 18.9. The summed E-state index contributed by atoms with van der Waals surface area (Å²) in [6.07, 6.45) is 12.8. The molecule has 140 valence electrons. The summed E-state index contributed by atoms with van der Waals surface area (Å²) in [6.45, 7) is 2.27. The molecule has 0 bridgehead atoms. The average molecular weight is 361 g/mol. The van der Waals surface area contributed by atoms with Crippen molar-refractivity contribution in [3.8, 4) is 23.0 Å². The molecule has 0 radical (unpaired) electrons. The van der Waals surface area contributed by atoms with Gasteiger partial charge in [0.15, 0.2) is 0 Å². The molecular weight excluding hydrogens is 331 g/mol. The van der Waals surface area contributed by atoms with Gasteiger partial charge in [-0.3, -0.25) is 0 Å². The van der Waals surface area contributed by atoms with E-state index in [2.05, 4.69) is 37.0 Å². The van der Waals surface area contributed by atoms with E-state index >= 15 is 0 Å². The lowest BCUT2D eigenvalue weighted by Gasteiger charge is -2.19. The van der Waals surface area contributed by atoms with Crippen LogP contribution in [0.15, 0.2) is 60.2 Å². The number of halogens is 1. The number of rotatable bonds is 6. The lowest BCUT2D eigenvalue weighted by atomic mass is 9.86. The third-order valence-corrected chi connectivity index (χ3v) is 5.42. The molecule has 1 unspecified atom stereocenters. The summed E-state index contributed by atoms with van der Waals surface area (Å²) in [7, 11) is 0. The molecule has 27 heavy (non-hydrogen) atoms. The summed E-state index contributed by atoms with van der Waals surface area (Å²) < 4.78 is 13.0. The second-order valence-electron chi connectivity index (χ2n) is 7.55. The molecule has 0 fully saturated rings. The summed E-state index contributed by atoms with van der Waals surface area (Å²) in [5, 5.41) is 0. The fourth-order valence-electron chi connectivity index (χ4n) is 3.66. The maximum absolute atomic E-state index is 13.0. The highest BCUT2D eigenvalue weighted by Crippen LogP contribution is 2.27. The van der Waals surface area contributed by atoms with Gasteiger partial charge in [-0.05, 0) is 66.1 Å². The van der Waals surface area contributed by atoms with Gasteiger partial charge in [0.25, 0.3) is 0 Å². The molecule has 3 rings (SSSR count). The first kappa shape index (κ1) is 19.4. The molecule has 2 aromatic rings. The Morgan fingerprint density at radius 2 is 1.59 bits per heavy atom. The Morgan fingerprint density at radius 3 is 2.22 bits per heavy atom. The maximum Gasteiger partial charge on any atom is 0.123 e. The Morgan fingerprint density at radius 1 is 0.889 bits per heavy atom. The molecule has 0 amide bonds. The van der Waals surface area contributed by atoms with Crippen LogP contribution >= 0.6 is 0 Å². The van der Waals surface area contributed by atoms with E-state index in [0.29, 0.717) is 0 Å². The van der Waals surface area contributed by atoms with Crippen LogP contribution in [0, 0.1) is 23.6 Å². The first-order valence-corrected chi connectivity index (χ1v) is 10.3. The summed E-state index contributed by atoms with van der Waals surface area (Å²) in [5.41, 5.74) is 4.44. The van der Waals surface area contributed by atoms with Gasteiger partial charge in [-0.1, -0.05) is 81.2 Å². The van der Waals surface area contributed by atoms with Gasteiger partial charge in [0.05, 0.1) is 0 Å². The number of hydrogen-bond donors (Lipinski definition) is 0. The van der Waals surface area contributed by atoms with Crippen LogP contribution in [-0.2, 0) is 0 Å². The quantitative estimate of drug-likeness (QED) is 0.369. The SMILES string of the molecule is CCCCCCC1CC=C(C#Cc2ccc(-c3ccc(F)cc3)cc2)CC1. The molecule has 1 aliphatic rings. The molecule has 1 heteroatoms. The predicted octanol–water partition coefficient (Wildman–Crippen LogP) is 7.54. The van der Waals surface area contributed by atoms with E-state index in [1.54, 1.807) is 0 Å². The van der Waals surface area contributed by atoms with Crippen molar-refractivity contribution in [1.82, 2.24) is 0 Å². The highest BCUT2D eigenvalue weighted by molar-refractivity contribution is 5.64. The third kappa shape index (κ3) is 6.10. The highest BCUT2D eigenvalue weighted by Gasteiger charge is 2.12. The van der Waals surface area contributed by atoms with Crippen LogP contribution in [-0.4, -0.2) is 0 Å². The van der Waals surface area contributed by atoms with Gasteiger partial charge in [-0.25, -0.2) is 4.39 Å². The lowest BCUT2D eigenvalue weighted by Crippen LogP contribution is -2.05. The summed E-state index contributed by atoms with van der Waals surface area (Å²) in [6, 6.07) is 14.8. The molecule has 1 atom stereocenters. The fraction of sp³-hybridized carbons (Fsp3) is 0.385. The Balaban J connectivity index is 1.53. The molecule has 0 aromatic heterocycles. The van der Waals surface area contributed by atoms with Crippen molar-refractivity contribution in [3.05, 3.63) is 71.6 Å². The number of hydrogen-bond acceptors (Lipinski definition) is 0. The second kappa shape index (κ2) is 10.1. The van der Waals surface area contributed by atoms with Crippen LogP contribution in [0.1, 0.15) is 63.9 Å². The zero-order valence-electron chi connectivity index (χ0n) is 16.3. The Bertz CT molecular complexity index is 800. The van der Waals surface area contributed by atoms with Crippen LogP contribution in [0.25, 0.3) is 11.1 Å². The average Bonchev–Trinajstić information content (AvgIpc) is 2.72. The molecule has 0 spiro atoms. The third-order valence-electron chi connectivity index (χ3n) is 5.42. The number of allylic oxidation sites excluding steroid dienone is 2. The van der Waals surface area contributed by atoms with Crippen LogP contribution in [0.2, 0.25) is 0 Å². The molecule has 0 N–H and O–H groups in total. The normalized spacial score (nSPS) is 16.4. The van der Waals surface area contributed by atoms with Gasteiger partial charge >= 0.3 is 0 Å². The van der Waals surface area contributed by atoms with Crippen molar-refractivity contribution < 1.29 is 4.39 Å². The van der Waals surface area contributed by atoms with Gasteiger partial charge in [-0.15, -0.1) is 0 Å². The van der Waals surface area contributed by atoms with Crippen molar-refractivity contribution in [3.63, 3.8) is 0 Å². The molecule has 0 nitrogen and oxygen atoms in total. The van der Waals surface area contributed by atoms with E-state index in [1.165, 1.54) is 62.7 Å². The fourth-order valence-corrected chi connectivity index (χ4v) is 3.66. The van der Waals surface area contributed by atoms with Crippen molar-refractivity contribution in [1.29, 1.82) is 0 Å². The highest BCUT2D eigenvalue weighted by atomic mass is 19.1. The minimum atomic E-state index is -0.204. The van der Waals surface area contributed by atoms with Crippen LogP contribution in [0.4, 0.5) is 4.39 Å². The minimum Gasteiger partial charge on any atom is -0.207 e. The molecule has 2 aromatic carbocycles. The first-order valence-electron chi connectivity index (χ1n) is 10.3. The molecule has 0 saturated carbocycles. The lowest BCUT2D eigenvalue weighted by molar-refractivity contribution is 0.417. The van der Waals surface area contributed by atoms with E-state index in [1.807, 2.05) is 24.3 Å². The molecule has 0 saturated heterocycles. The van der Waals surface area contributed by atoms with Crippen molar-refractivity contribution in [2.75, 3.05) is 0 Å². The molecular formula is C26H29F. The van der Waals surface area contributed by atoms with E-state index in [4.69, 9.17) is 0 Å². The Labute approximate surface area is 163 Å². The zero-order valence-corrected chi connectivity index (χ0v) is 16.3. The standard InChI is InChI=1S/C26H29F/c1-2-3-4-5-6-21-7-9-22(10-8-21)11-12-23-13-15-24(16-14-23)25-17-19-26(27)20-18-25/h9,13-21H,2-8,10H2,1H3. The van der Waals surface area contributed by atoms with E-state index in [-0.39, 0.29) is 5.82 Å². The van der Waals surface area contributed by atoms with E-state index in [9.17, 15) is 4.39 Å². The van der Waals surface area contributed by atoms with Gasteiger partial charge in [-0.2, -0.15) is 0 Å². The Hall–Kier alpha value is -2.33. The summed E-state index contributed by atoms with van der Waals surface area (Å²) in [4.78, 5) is 0. The number of benzene rings is 2. The largest absolute Gasteiger partial charge is 0.207 e.